The fraction of sp³-hybridized carbons (Fsp3) is 0.263. The van der Waals surface area contributed by atoms with Gasteiger partial charge in [0.25, 0.3) is 5.91 Å². The van der Waals surface area contributed by atoms with Crippen molar-refractivity contribution in [2.45, 2.75) is 23.5 Å². The molecule has 0 unspecified atom stereocenters. The summed E-state index contributed by atoms with van der Waals surface area (Å²) in [7, 11) is 0.0567. The van der Waals surface area contributed by atoms with Gasteiger partial charge in [-0.25, -0.2) is 4.79 Å². The van der Waals surface area contributed by atoms with E-state index in [4.69, 9.17) is 4.74 Å². The van der Waals surface area contributed by atoms with E-state index in [0.29, 0.717) is 10.5 Å². The molecule has 0 radical (unpaired) electrons. The van der Waals surface area contributed by atoms with Crippen LogP contribution in [0.5, 0.6) is 0 Å². The van der Waals surface area contributed by atoms with Crippen LogP contribution in [0.4, 0.5) is 0 Å². The Morgan fingerprint density at radius 3 is 2.19 bits per heavy atom. The van der Waals surface area contributed by atoms with E-state index in [9.17, 15) is 18.9 Å². The maximum absolute atomic E-state index is 12.4. The molecule has 0 saturated carbocycles. The van der Waals surface area contributed by atoms with Gasteiger partial charge in [-0.1, -0.05) is 48.5 Å². The number of aliphatic carboxylic acids is 1. The second-order valence-electron chi connectivity index (χ2n) is 5.58. The summed E-state index contributed by atoms with van der Waals surface area (Å²) in [4.78, 5) is 24.5. The van der Waals surface area contributed by atoms with Crippen molar-refractivity contribution in [2.24, 2.45) is 0 Å². The maximum Gasteiger partial charge on any atom is 0.326 e. The molecular formula is C19H21NO5S. The van der Waals surface area contributed by atoms with Crippen LogP contribution in [0.3, 0.4) is 0 Å². The number of hydrogen-bond acceptors (Lipinski definition) is 4. The number of methoxy groups -OCH3 is 1. The van der Waals surface area contributed by atoms with Crippen molar-refractivity contribution in [3.05, 3.63) is 66.2 Å². The molecule has 1 amide bonds. The predicted molar refractivity (Wildman–Crippen MR) is 98.1 cm³/mol. The highest BCUT2D eigenvalue weighted by molar-refractivity contribution is 7.85. The molecule has 0 bridgehead atoms. The highest BCUT2D eigenvalue weighted by Crippen LogP contribution is 2.17. The Balaban J connectivity index is 2.00. The van der Waals surface area contributed by atoms with Crippen LogP contribution in [0.15, 0.2) is 65.6 Å². The van der Waals surface area contributed by atoms with Gasteiger partial charge >= 0.3 is 5.97 Å². The van der Waals surface area contributed by atoms with Crippen LogP contribution in [-0.4, -0.2) is 40.1 Å². The third-order valence-electron chi connectivity index (χ3n) is 3.79. The smallest absolute Gasteiger partial charge is 0.326 e. The summed E-state index contributed by atoms with van der Waals surface area (Å²) in [6.07, 6.45) is -0.856. The third kappa shape index (κ3) is 5.50. The normalized spacial score (nSPS) is 14.2. The molecule has 3 atom stereocenters. The number of ether oxygens (including phenoxy) is 1. The molecule has 0 aliphatic rings. The zero-order valence-corrected chi connectivity index (χ0v) is 15.1. The van der Waals surface area contributed by atoms with Crippen molar-refractivity contribution in [3.63, 3.8) is 0 Å². The molecule has 0 aromatic heterocycles. The quantitative estimate of drug-likeness (QED) is 0.700. The van der Waals surface area contributed by atoms with Crippen molar-refractivity contribution in [1.82, 2.24) is 5.32 Å². The molecule has 0 heterocycles. The van der Waals surface area contributed by atoms with Gasteiger partial charge in [0.05, 0.1) is 10.8 Å². The van der Waals surface area contributed by atoms with Crippen LogP contribution in [0, 0.1) is 0 Å². The molecule has 6 nitrogen and oxygen atoms in total. The molecular weight excluding hydrogens is 354 g/mol. The van der Waals surface area contributed by atoms with Crippen molar-refractivity contribution in [2.75, 3.05) is 12.9 Å². The Hall–Kier alpha value is -2.51. The predicted octanol–water partition coefficient (Wildman–Crippen LogP) is 2.14. The Bertz CT molecular complexity index is 751. The van der Waals surface area contributed by atoms with Crippen LogP contribution in [-0.2, 0) is 25.1 Å². The average Bonchev–Trinajstić information content (AvgIpc) is 2.66. The summed E-state index contributed by atoms with van der Waals surface area (Å²) in [5, 5.41) is 11.9. The molecule has 0 spiro atoms. The largest absolute Gasteiger partial charge is 0.480 e. The SMILES string of the molecule is CO[C@@H](C(=O)N[C@@H](CC[S@@](=O)c1ccccc1)C(=O)O)c1ccccc1. The molecule has 138 valence electrons. The number of carbonyl (C=O) groups is 2. The monoisotopic (exact) mass is 375 g/mol. The molecule has 0 saturated heterocycles. The zero-order valence-electron chi connectivity index (χ0n) is 14.3. The van der Waals surface area contributed by atoms with E-state index in [1.165, 1.54) is 7.11 Å². The lowest BCUT2D eigenvalue weighted by Crippen LogP contribution is -2.44. The van der Waals surface area contributed by atoms with E-state index in [2.05, 4.69) is 5.32 Å². The van der Waals surface area contributed by atoms with E-state index in [0.717, 1.165) is 0 Å². The number of carboxylic acids is 1. The van der Waals surface area contributed by atoms with Crippen molar-refractivity contribution >= 4 is 22.7 Å². The standard InChI is InChI=1S/C19H21NO5S/c1-25-17(14-8-4-2-5-9-14)18(21)20-16(19(22)23)12-13-26(24)15-10-6-3-7-11-15/h2-11,16-17H,12-13H2,1H3,(H,20,21)(H,22,23)/t16-,17+,26+/m0/s1. The first-order chi connectivity index (χ1) is 12.5. The van der Waals surface area contributed by atoms with Crippen LogP contribution < -0.4 is 5.32 Å². The first-order valence-electron chi connectivity index (χ1n) is 8.07. The minimum Gasteiger partial charge on any atom is -0.480 e. The number of carbonyl (C=O) groups excluding carboxylic acids is 1. The Morgan fingerprint density at radius 2 is 1.65 bits per heavy atom. The van der Waals surface area contributed by atoms with Crippen molar-refractivity contribution in [3.8, 4) is 0 Å². The lowest BCUT2D eigenvalue weighted by Gasteiger charge is -2.19. The van der Waals surface area contributed by atoms with Gasteiger partial charge in [0.1, 0.15) is 6.04 Å². The topological polar surface area (TPSA) is 92.7 Å². The second kappa shape index (κ2) is 9.84. The van der Waals surface area contributed by atoms with Crippen LogP contribution in [0.25, 0.3) is 0 Å². The lowest BCUT2D eigenvalue weighted by atomic mass is 10.1. The van der Waals surface area contributed by atoms with E-state index >= 15 is 0 Å². The number of carboxylic acid groups (broad SMARTS) is 1. The number of hydrogen-bond donors (Lipinski definition) is 2. The fourth-order valence-electron chi connectivity index (χ4n) is 2.44. The van der Waals surface area contributed by atoms with Crippen LogP contribution >= 0.6 is 0 Å². The van der Waals surface area contributed by atoms with Crippen LogP contribution in [0.1, 0.15) is 18.1 Å². The molecule has 2 aromatic rings. The molecule has 2 aromatic carbocycles. The van der Waals surface area contributed by atoms with Gasteiger partial charge in [0.15, 0.2) is 6.10 Å². The van der Waals surface area contributed by atoms with Gasteiger partial charge in [-0.15, -0.1) is 0 Å². The van der Waals surface area contributed by atoms with Gasteiger partial charge < -0.3 is 15.2 Å². The molecule has 2 rings (SSSR count). The van der Waals surface area contributed by atoms with Crippen LogP contribution in [0.2, 0.25) is 0 Å². The number of benzene rings is 2. The van der Waals surface area contributed by atoms with Gasteiger partial charge in [-0.3, -0.25) is 9.00 Å². The third-order valence-corrected chi connectivity index (χ3v) is 5.19. The summed E-state index contributed by atoms with van der Waals surface area (Å²) in [5.41, 5.74) is 0.629. The van der Waals surface area contributed by atoms with Crippen molar-refractivity contribution in [1.29, 1.82) is 0 Å². The summed E-state index contributed by atoms with van der Waals surface area (Å²) in [5.74, 6) is -1.59. The maximum atomic E-state index is 12.4. The highest BCUT2D eigenvalue weighted by atomic mass is 32.2. The van der Waals surface area contributed by atoms with Gasteiger partial charge in [0, 0.05) is 17.8 Å². The van der Waals surface area contributed by atoms with E-state index in [1.807, 2.05) is 12.1 Å². The van der Waals surface area contributed by atoms with E-state index < -0.39 is 34.8 Å². The Kier molecular flexibility index (Phi) is 7.50. The van der Waals surface area contributed by atoms with Gasteiger partial charge in [-0.05, 0) is 24.1 Å². The second-order valence-corrected chi connectivity index (χ2v) is 7.15. The lowest BCUT2D eigenvalue weighted by molar-refractivity contribution is -0.144. The molecule has 0 fully saturated rings. The van der Waals surface area contributed by atoms with E-state index in [1.54, 1.807) is 48.5 Å². The number of amides is 1. The fourth-order valence-corrected chi connectivity index (χ4v) is 3.59. The molecule has 0 aliphatic heterocycles. The van der Waals surface area contributed by atoms with E-state index in [-0.39, 0.29) is 12.2 Å². The molecule has 7 heteroatoms. The number of nitrogens with one attached hydrogen (secondary N) is 1. The molecule has 26 heavy (non-hydrogen) atoms. The van der Waals surface area contributed by atoms with Gasteiger partial charge in [-0.2, -0.15) is 0 Å². The first-order valence-corrected chi connectivity index (χ1v) is 9.39. The molecule has 2 N–H and O–H groups in total. The highest BCUT2D eigenvalue weighted by Gasteiger charge is 2.26. The van der Waals surface area contributed by atoms with Gasteiger partial charge in [0.2, 0.25) is 0 Å². The average molecular weight is 375 g/mol. The molecule has 0 aliphatic carbocycles. The Morgan fingerprint density at radius 1 is 1.08 bits per heavy atom. The summed E-state index contributed by atoms with van der Waals surface area (Å²) in [6, 6.07) is 16.5. The summed E-state index contributed by atoms with van der Waals surface area (Å²) in [6.45, 7) is 0. The Labute approximate surface area is 154 Å². The minimum atomic E-state index is -1.33. The summed E-state index contributed by atoms with van der Waals surface area (Å²) < 4.78 is 17.5. The summed E-state index contributed by atoms with van der Waals surface area (Å²) >= 11 is 0. The van der Waals surface area contributed by atoms with Crippen molar-refractivity contribution < 1.29 is 23.6 Å². The first kappa shape index (κ1) is 19.8. The number of rotatable bonds is 9. The zero-order chi connectivity index (χ0) is 18.9. The minimum absolute atomic E-state index is 0.0494.